The van der Waals surface area contributed by atoms with E-state index in [1.54, 1.807) is 0 Å². The number of rotatable bonds is 11. The van der Waals surface area contributed by atoms with Crippen LogP contribution in [0.1, 0.15) is 97.4 Å². The second-order valence-corrected chi connectivity index (χ2v) is 14.2. The van der Waals surface area contributed by atoms with Crippen LogP contribution in [0.5, 0.6) is 0 Å². The van der Waals surface area contributed by atoms with Crippen LogP contribution in [0.3, 0.4) is 0 Å². The van der Waals surface area contributed by atoms with E-state index in [4.69, 9.17) is 11.5 Å². The fraction of sp³-hybridized carbons (Fsp3) is 0.308. The first kappa shape index (κ1) is 47.1. The molecule has 0 aromatic heterocycles. The number of nitrogen functional groups attached to an aromatic ring is 1. The van der Waals surface area contributed by atoms with Crippen LogP contribution < -0.4 is 11.5 Å². The highest BCUT2D eigenvalue weighted by Crippen LogP contribution is 2.46. The third kappa shape index (κ3) is 12.3. The van der Waals surface area contributed by atoms with Gasteiger partial charge in [0.2, 0.25) is 0 Å². The molecule has 2 heteroatoms. The van der Waals surface area contributed by atoms with E-state index >= 15 is 0 Å². The molecular formula is C52H70N2. The van der Waals surface area contributed by atoms with Gasteiger partial charge in [-0.05, 0) is 135 Å². The highest BCUT2D eigenvalue weighted by atomic mass is 14.8. The summed E-state index contributed by atoms with van der Waals surface area (Å²) in [6, 6.07) is 23.4. The summed E-state index contributed by atoms with van der Waals surface area (Å²) < 4.78 is 0. The molecule has 0 amide bonds. The predicted octanol–water partition coefficient (Wildman–Crippen LogP) is 14.8. The lowest BCUT2D eigenvalue weighted by Crippen LogP contribution is -2.50. The number of aryl methyl sites for hydroxylation is 2. The summed E-state index contributed by atoms with van der Waals surface area (Å²) in [4.78, 5) is 0. The summed E-state index contributed by atoms with van der Waals surface area (Å²) in [6.45, 7) is 37.6. The van der Waals surface area contributed by atoms with E-state index in [0.717, 1.165) is 40.8 Å². The van der Waals surface area contributed by atoms with Crippen molar-refractivity contribution in [3.63, 3.8) is 0 Å². The van der Waals surface area contributed by atoms with Gasteiger partial charge >= 0.3 is 0 Å². The van der Waals surface area contributed by atoms with Crippen molar-refractivity contribution in [3.8, 4) is 11.1 Å². The van der Waals surface area contributed by atoms with Crippen molar-refractivity contribution in [2.45, 2.75) is 94.5 Å². The summed E-state index contributed by atoms with van der Waals surface area (Å²) in [5, 5.41) is 0. The summed E-state index contributed by atoms with van der Waals surface area (Å²) in [7, 11) is 0. The molecule has 0 bridgehead atoms. The maximum absolute atomic E-state index is 6.69. The maximum atomic E-state index is 6.69. The Kier molecular flexibility index (Phi) is 20.1. The Balaban J connectivity index is 0.000000957. The summed E-state index contributed by atoms with van der Waals surface area (Å²) >= 11 is 0. The zero-order valence-corrected chi connectivity index (χ0v) is 35.5. The van der Waals surface area contributed by atoms with Gasteiger partial charge in [0.05, 0.1) is 0 Å². The number of allylic oxidation sites excluding steroid dienone is 13. The van der Waals surface area contributed by atoms with Crippen molar-refractivity contribution >= 4 is 16.8 Å². The molecule has 3 aromatic carbocycles. The molecule has 0 saturated heterocycles. The van der Waals surface area contributed by atoms with Crippen LogP contribution in [-0.2, 0) is 0 Å². The maximum Gasteiger partial charge on any atom is 0.0373 e. The zero-order chi connectivity index (χ0) is 41.1. The van der Waals surface area contributed by atoms with Crippen LogP contribution in [0.15, 0.2) is 164 Å². The predicted molar refractivity (Wildman–Crippen MR) is 246 cm³/mol. The van der Waals surface area contributed by atoms with Gasteiger partial charge in [0, 0.05) is 22.6 Å². The average molecular weight is 723 g/mol. The SMILES string of the molecule is C=C.C=C/C(=C\C=C/C)c1cc(C(=C/C)/C=C(\C=C)C2C=CC(C(C)(CC)C(C)(C)N)=C(C)C2)cc(-c2ccccc2)c1.CC.Cc1cccc(C)c1N. The van der Waals surface area contributed by atoms with Crippen LogP contribution in [-0.4, -0.2) is 5.54 Å². The molecule has 0 spiro atoms. The largest absolute Gasteiger partial charge is 0.398 e. The summed E-state index contributed by atoms with van der Waals surface area (Å²) in [5.74, 6) is 0.267. The number of anilines is 1. The lowest BCUT2D eigenvalue weighted by Gasteiger charge is -2.44. The molecule has 4 N–H and O–H groups in total. The Morgan fingerprint density at radius 1 is 0.815 bits per heavy atom. The van der Waals surface area contributed by atoms with Gasteiger partial charge in [-0.1, -0.05) is 150 Å². The molecular weight excluding hydrogens is 653 g/mol. The quantitative estimate of drug-likeness (QED) is 0.118. The highest BCUT2D eigenvalue weighted by Gasteiger charge is 2.40. The topological polar surface area (TPSA) is 52.0 Å². The molecule has 0 saturated carbocycles. The minimum absolute atomic E-state index is 0.0806. The summed E-state index contributed by atoms with van der Waals surface area (Å²) in [6.07, 6.45) is 21.3. The van der Waals surface area contributed by atoms with Gasteiger partial charge < -0.3 is 11.5 Å². The molecule has 0 fully saturated rings. The van der Waals surface area contributed by atoms with Crippen molar-refractivity contribution in [2.24, 2.45) is 17.1 Å². The standard InChI is InChI=1S/C40H49N.C8H11N.C2H6.C2H4/c1-10-15-19-30(11-2)35-26-36(28-37(27-35)33-20-17-16-18-21-33)32(13-4)25-31(12-3)34-22-23-38(29(6)24-34)40(9,14-5)39(7,8)41;1-6-4-3-5-7(2)8(6)9;2*1-2/h10-13,15-23,25-28,34H,2-3,14,24,41H2,1,4-9H3;3-5H,9H2,1-2H3;1-2H3;1-2H2/b15-10-,30-19+,31-25+,32-13+;;;. The fourth-order valence-electron chi connectivity index (χ4n) is 6.64. The number of benzene rings is 3. The Hall–Kier alpha value is -4.92. The number of para-hydroxylation sites is 1. The van der Waals surface area contributed by atoms with E-state index in [2.05, 4.69) is 153 Å². The average Bonchev–Trinajstić information content (AvgIpc) is 3.19. The van der Waals surface area contributed by atoms with Gasteiger partial charge in [0.25, 0.3) is 0 Å². The first-order valence-corrected chi connectivity index (χ1v) is 19.4. The molecule has 0 heterocycles. The molecule has 2 atom stereocenters. The molecule has 2 nitrogen and oxygen atoms in total. The van der Waals surface area contributed by atoms with E-state index < -0.39 is 0 Å². The Labute approximate surface area is 330 Å². The zero-order valence-electron chi connectivity index (χ0n) is 35.5. The number of hydrogen-bond acceptors (Lipinski definition) is 2. The van der Waals surface area contributed by atoms with Crippen molar-refractivity contribution in [1.29, 1.82) is 0 Å². The van der Waals surface area contributed by atoms with Crippen LogP contribution in [0.25, 0.3) is 22.3 Å². The van der Waals surface area contributed by atoms with Crippen LogP contribution in [0.2, 0.25) is 0 Å². The Morgan fingerprint density at radius 3 is 1.83 bits per heavy atom. The second kappa shape index (κ2) is 23.0. The normalized spacial score (nSPS) is 15.9. The van der Waals surface area contributed by atoms with Gasteiger partial charge in [0.15, 0.2) is 0 Å². The van der Waals surface area contributed by atoms with Crippen LogP contribution >= 0.6 is 0 Å². The monoisotopic (exact) mass is 723 g/mol. The Morgan fingerprint density at radius 2 is 1.39 bits per heavy atom. The first-order chi connectivity index (χ1) is 25.7. The minimum Gasteiger partial charge on any atom is -0.398 e. The molecule has 54 heavy (non-hydrogen) atoms. The smallest absolute Gasteiger partial charge is 0.0373 e. The lowest BCUT2D eigenvalue weighted by atomic mass is 9.63. The van der Waals surface area contributed by atoms with Crippen molar-refractivity contribution in [3.05, 3.63) is 187 Å². The van der Waals surface area contributed by atoms with Crippen LogP contribution in [0.4, 0.5) is 5.69 Å². The molecule has 2 unspecified atom stereocenters. The van der Waals surface area contributed by atoms with E-state index in [1.165, 1.54) is 39.0 Å². The molecule has 0 radical (unpaired) electrons. The van der Waals surface area contributed by atoms with Crippen LogP contribution in [0, 0.1) is 25.2 Å². The minimum atomic E-state index is -0.308. The van der Waals surface area contributed by atoms with Gasteiger partial charge in [-0.25, -0.2) is 0 Å². The first-order valence-electron chi connectivity index (χ1n) is 19.4. The highest BCUT2D eigenvalue weighted by molar-refractivity contribution is 5.85. The molecule has 3 aromatic rings. The van der Waals surface area contributed by atoms with Crippen molar-refractivity contribution < 1.29 is 0 Å². The van der Waals surface area contributed by atoms with E-state index in [-0.39, 0.29) is 16.9 Å². The Bertz CT molecular complexity index is 1830. The molecule has 0 aliphatic heterocycles. The van der Waals surface area contributed by atoms with Gasteiger partial charge in [-0.15, -0.1) is 13.2 Å². The van der Waals surface area contributed by atoms with Crippen molar-refractivity contribution in [2.75, 3.05) is 5.73 Å². The van der Waals surface area contributed by atoms with E-state index in [9.17, 15) is 0 Å². The number of hydrogen-bond donors (Lipinski definition) is 2. The van der Waals surface area contributed by atoms with Crippen molar-refractivity contribution in [1.82, 2.24) is 0 Å². The summed E-state index contributed by atoms with van der Waals surface area (Å²) in [5.41, 5.74) is 26.2. The molecule has 1 aliphatic carbocycles. The number of nitrogens with two attached hydrogens (primary N) is 2. The van der Waals surface area contributed by atoms with E-state index in [1.807, 2.05) is 71.0 Å². The second-order valence-electron chi connectivity index (χ2n) is 14.2. The van der Waals surface area contributed by atoms with Gasteiger partial charge in [-0.3, -0.25) is 0 Å². The fourth-order valence-corrected chi connectivity index (χ4v) is 6.64. The molecule has 4 rings (SSSR count). The van der Waals surface area contributed by atoms with Gasteiger partial charge in [0.1, 0.15) is 0 Å². The lowest BCUT2D eigenvalue weighted by molar-refractivity contribution is 0.219. The van der Waals surface area contributed by atoms with Gasteiger partial charge in [-0.2, -0.15) is 0 Å². The third-order valence-electron chi connectivity index (χ3n) is 10.4. The molecule has 288 valence electrons. The third-order valence-corrected chi connectivity index (χ3v) is 10.4. The molecule has 1 aliphatic rings. The van der Waals surface area contributed by atoms with E-state index in [0.29, 0.717) is 0 Å².